The zero-order chi connectivity index (χ0) is 17.7. The van der Waals surface area contributed by atoms with Crippen LogP contribution in [0.1, 0.15) is 25.8 Å². The summed E-state index contributed by atoms with van der Waals surface area (Å²) in [7, 11) is 0. The van der Waals surface area contributed by atoms with E-state index < -0.39 is 5.82 Å². The molecule has 0 saturated heterocycles. The molecule has 1 aliphatic carbocycles. The Morgan fingerprint density at radius 2 is 2.16 bits per heavy atom. The molecular weight excluding hydrogens is 345 g/mol. The number of ketones is 1. The number of hydrogen-bond donors (Lipinski definition) is 0. The first-order valence-electron chi connectivity index (χ1n) is 8.00. The number of nitrogens with zero attached hydrogens (tertiary/aromatic N) is 3. The molecule has 1 saturated carbocycles. The smallest absolute Gasteiger partial charge is 0.263 e. The molecule has 1 aromatic carbocycles. The molecule has 4 rings (SSSR count). The molecule has 2 heterocycles. The van der Waals surface area contributed by atoms with Gasteiger partial charge in [-0.2, -0.15) is 0 Å². The molecule has 3 aromatic rings. The van der Waals surface area contributed by atoms with Crippen molar-refractivity contribution >= 4 is 28.4 Å². The Bertz CT molecular complexity index is 1070. The normalized spacial score (nSPS) is 14.2. The van der Waals surface area contributed by atoms with Crippen LogP contribution in [0.4, 0.5) is 4.39 Å². The molecule has 0 atom stereocenters. The minimum atomic E-state index is -0.511. The number of benzene rings is 1. The first-order chi connectivity index (χ1) is 12.0. The van der Waals surface area contributed by atoms with Gasteiger partial charge in [0.1, 0.15) is 23.6 Å². The molecule has 25 heavy (non-hydrogen) atoms. The molecule has 0 unspecified atom stereocenters. The van der Waals surface area contributed by atoms with Crippen molar-refractivity contribution in [2.24, 2.45) is 0 Å². The molecule has 128 valence electrons. The molecule has 0 bridgehead atoms. The molecule has 5 nitrogen and oxygen atoms in total. The summed E-state index contributed by atoms with van der Waals surface area (Å²) in [6.45, 7) is 1.40. The maximum absolute atomic E-state index is 13.5. The number of hydrogen-bond acceptors (Lipinski definition) is 3. The molecule has 2 aromatic heterocycles. The SMILES string of the molecule is CC(=O)Cn1cnc2c(c(-c3ccc(F)c(Cl)c3)cn2C2CC2)c1=O. The number of carbonyl (C=O) groups excluding carboxylic acids is 1. The van der Waals surface area contributed by atoms with Gasteiger partial charge in [-0.05, 0) is 37.5 Å². The lowest BCUT2D eigenvalue weighted by atomic mass is 10.1. The van der Waals surface area contributed by atoms with E-state index in [-0.39, 0.29) is 22.9 Å². The Morgan fingerprint density at radius 3 is 2.80 bits per heavy atom. The number of Topliss-reactive ketones (excluding diaryl/α,β-unsaturated/α-hetero) is 1. The van der Waals surface area contributed by atoms with Crippen molar-refractivity contribution in [3.63, 3.8) is 0 Å². The maximum Gasteiger partial charge on any atom is 0.263 e. The van der Waals surface area contributed by atoms with Crippen molar-refractivity contribution < 1.29 is 9.18 Å². The van der Waals surface area contributed by atoms with E-state index in [9.17, 15) is 14.0 Å². The molecule has 7 heteroatoms. The second kappa shape index (κ2) is 5.81. The minimum absolute atomic E-state index is 0.00206. The fraction of sp³-hybridized carbons (Fsp3) is 0.278. The third-order valence-electron chi connectivity index (χ3n) is 4.36. The molecule has 1 fully saturated rings. The number of rotatable bonds is 4. The van der Waals surface area contributed by atoms with Gasteiger partial charge in [0.05, 0.1) is 17.0 Å². The summed E-state index contributed by atoms with van der Waals surface area (Å²) < 4.78 is 16.8. The van der Waals surface area contributed by atoms with Crippen LogP contribution in [0.25, 0.3) is 22.2 Å². The van der Waals surface area contributed by atoms with Crippen LogP contribution in [0, 0.1) is 5.82 Å². The van der Waals surface area contributed by atoms with Gasteiger partial charge in [-0.15, -0.1) is 0 Å². The summed E-state index contributed by atoms with van der Waals surface area (Å²) in [6, 6.07) is 4.70. The van der Waals surface area contributed by atoms with Crippen molar-refractivity contribution in [3.05, 3.63) is 51.9 Å². The van der Waals surface area contributed by atoms with Crippen LogP contribution in [0.2, 0.25) is 5.02 Å². The minimum Gasteiger partial charge on any atom is -0.329 e. The predicted octanol–water partition coefficient (Wildman–Crippen LogP) is 3.58. The predicted molar refractivity (Wildman–Crippen MR) is 93.3 cm³/mol. The topological polar surface area (TPSA) is 56.9 Å². The third kappa shape index (κ3) is 2.76. The number of halogens is 2. The second-order valence-corrected chi connectivity index (χ2v) is 6.80. The quantitative estimate of drug-likeness (QED) is 0.715. The van der Waals surface area contributed by atoms with Crippen LogP contribution in [-0.2, 0) is 11.3 Å². The highest BCUT2D eigenvalue weighted by Gasteiger charge is 2.28. The number of aromatic nitrogens is 3. The molecule has 0 N–H and O–H groups in total. The van der Waals surface area contributed by atoms with Crippen LogP contribution in [-0.4, -0.2) is 19.9 Å². The van der Waals surface area contributed by atoms with E-state index in [1.54, 1.807) is 6.07 Å². The summed E-state index contributed by atoms with van der Waals surface area (Å²) >= 11 is 5.91. The van der Waals surface area contributed by atoms with Crippen molar-refractivity contribution in [1.82, 2.24) is 14.1 Å². The van der Waals surface area contributed by atoms with Crippen LogP contribution >= 0.6 is 11.6 Å². The summed E-state index contributed by atoms with van der Waals surface area (Å²) in [5.41, 5.74) is 1.60. The Balaban J connectivity index is 2.00. The van der Waals surface area contributed by atoms with Gasteiger partial charge in [0.25, 0.3) is 5.56 Å². The van der Waals surface area contributed by atoms with Crippen LogP contribution in [0.15, 0.2) is 35.5 Å². The Kier molecular flexibility index (Phi) is 3.72. The maximum atomic E-state index is 13.5. The van der Waals surface area contributed by atoms with E-state index in [0.29, 0.717) is 28.2 Å². The molecule has 0 spiro atoms. The van der Waals surface area contributed by atoms with Gasteiger partial charge in [-0.25, -0.2) is 9.37 Å². The van der Waals surface area contributed by atoms with Crippen LogP contribution < -0.4 is 5.56 Å². The lowest BCUT2D eigenvalue weighted by Gasteiger charge is -2.05. The van der Waals surface area contributed by atoms with Gasteiger partial charge < -0.3 is 4.57 Å². The van der Waals surface area contributed by atoms with E-state index in [1.807, 2.05) is 10.8 Å². The highest BCUT2D eigenvalue weighted by Crippen LogP contribution is 2.40. The van der Waals surface area contributed by atoms with Crippen molar-refractivity contribution in [2.45, 2.75) is 32.4 Å². The van der Waals surface area contributed by atoms with Crippen LogP contribution in [0.5, 0.6) is 0 Å². The summed E-state index contributed by atoms with van der Waals surface area (Å²) in [5, 5.41) is 0.427. The van der Waals surface area contributed by atoms with E-state index in [1.165, 1.54) is 30.0 Å². The average Bonchev–Trinajstić information content (AvgIpc) is 3.33. The number of fused-ring (bicyclic) bond motifs is 1. The largest absolute Gasteiger partial charge is 0.329 e. The standard InChI is InChI=1S/C18H15ClFN3O2/c1-10(24)7-22-9-21-17-16(18(22)25)13(8-23(17)12-3-4-12)11-2-5-15(20)14(19)6-11/h2,5-6,8-9,12H,3-4,7H2,1H3. The molecule has 1 aliphatic rings. The van der Waals surface area contributed by atoms with Gasteiger partial charge in [0, 0.05) is 17.8 Å². The van der Waals surface area contributed by atoms with E-state index in [2.05, 4.69) is 4.98 Å². The van der Waals surface area contributed by atoms with Gasteiger partial charge in [0.2, 0.25) is 0 Å². The van der Waals surface area contributed by atoms with Crippen molar-refractivity contribution in [1.29, 1.82) is 0 Å². The molecule has 0 radical (unpaired) electrons. The average molecular weight is 360 g/mol. The van der Waals surface area contributed by atoms with E-state index >= 15 is 0 Å². The lowest BCUT2D eigenvalue weighted by Crippen LogP contribution is -2.23. The van der Waals surface area contributed by atoms with Gasteiger partial charge in [0.15, 0.2) is 0 Å². The fourth-order valence-corrected chi connectivity index (χ4v) is 3.22. The highest BCUT2D eigenvalue weighted by atomic mass is 35.5. The summed E-state index contributed by atoms with van der Waals surface area (Å²) in [6.07, 6.45) is 5.35. The van der Waals surface area contributed by atoms with E-state index in [4.69, 9.17) is 11.6 Å². The van der Waals surface area contributed by atoms with Crippen LogP contribution in [0.3, 0.4) is 0 Å². The molecule has 0 aliphatic heterocycles. The van der Waals surface area contributed by atoms with E-state index in [0.717, 1.165) is 12.8 Å². The zero-order valence-corrected chi connectivity index (χ0v) is 14.3. The highest BCUT2D eigenvalue weighted by molar-refractivity contribution is 6.31. The second-order valence-electron chi connectivity index (χ2n) is 6.39. The van der Waals surface area contributed by atoms with Gasteiger partial charge in [-0.1, -0.05) is 17.7 Å². The lowest BCUT2D eigenvalue weighted by molar-refractivity contribution is -0.117. The monoisotopic (exact) mass is 359 g/mol. The Morgan fingerprint density at radius 1 is 1.40 bits per heavy atom. The molecule has 0 amide bonds. The summed E-state index contributed by atoms with van der Waals surface area (Å²) in [4.78, 5) is 28.7. The van der Waals surface area contributed by atoms with Gasteiger partial charge >= 0.3 is 0 Å². The molecular formula is C18H15ClFN3O2. The Hall–Kier alpha value is -2.47. The number of carbonyl (C=O) groups is 1. The van der Waals surface area contributed by atoms with Crippen molar-refractivity contribution in [3.8, 4) is 11.1 Å². The van der Waals surface area contributed by atoms with Crippen molar-refractivity contribution in [2.75, 3.05) is 0 Å². The Labute approximate surface area is 147 Å². The fourth-order valence-electron chi connectivity index (χ4n) is 3.04. The summed E-state index contributed by atoms with van der Waals surface area (Å²) in [5.74, 6) is -0.639. The zero-order valence-electron chi connectivity index (χ0n) is 13.5. The first kappa shape index (κ1) is 16.0. The van der Waals surface area contributed by atoms with Gasteiger partial charge in [-0.3, -0.25) is 14.2 Å². The third-order valence-corrected chi connectivity index (χ3v) is 4.65. The first-order valence-corrected chi connectivity index (χ1v) is 8.38.